The number of thiophene rings is 1. The minimum atomic E-state index is 0.827. The van der Waals surface area contributed by atoms with Crippen LogP contribution in [0.1, 0.15) is 0 Å². The monoisotopic (exact) mass is 608 g/mol. The molecule has 0 bridgehead atoms. The number of rotatable bonds is 8. The SMILES string of the molecule is COc1ccc(-c2ccc3sc4ccc(-c5ccc(OC)cc5)c(-c5ccc(OC)cc5)c4c3c2-c2ccc(OC)cc2)cc1. The molecule has 45 heavy (non-hydrogen) atoms. The zero-order valence-electron chi connectivity index (χ0n) is 25.6. The second kappa shape index (κ2) is 12.0. The second-order valence-corrected chi connectivity index (χ2v) is 11.8. The first-order valence-corrected chi connectivity index (χ1v) is 15.5. The number of methoxy groups -OCH3 is 4. The highest BCUT2D eigenvalue weighted by Gasteiger charge is 2.22. The summed E-state index contributed by atoms with van der Waals surface area (Å²) in [6.07, 6.45) is 0. The highest BCUT2D eigenvalue weighted by atomic mass is 32.1. The number of hydrogen-bond acceptors (Lipinski definition) is 5. The lowest BCUT2D eigenvalue weighted by Gasteiger charge is -2.17. The maximum absolute atomic E-state index is 5.53. The summed E-state index contributed by atoms with van der Waals surface area (Å²) < 4.78 is 24.5. The highest BCUT2D eigenvalue weighted by molar-refractivity contribution is 7.26. The van der Waals surface area contributed by atoms with E-state index >= 15 is 0 Å². The van der Waals surface area contributed by atoms with Crippen LogP contribution in [0, 0.1) is 0 Å². The van der Waals surface area contributed by atoms with E-state index < -0.39 is 0 Å². The average Bonchev–Trinajstić information content (AvgIpc) is 3.50. The summed E-state index contributed by atoms with van der Waals surface area (Å²) in [5, 5.41) is 2.46. The van der Waals surface area contributed by atoms with E-state index in [-0.39, 0.29) is 0 Å². The van der Waals surface area contributed by atoms with E-state index in [9.17, 15) is 0 Å². The molecule has 5 heteroatoms. The van der Waals surface area contributed by atoms with Crippen molar-refractivity contribution in [3.63, 3.8) is 0 Å². The van der Waals surface area contributed by atoms with Gasteiger partial charge in [0.05, 0.1) is 28.4 Å². The molecule has 1 aromatic heterocycles. The van der Waals surface area contributed by atoms with Crippen LogP contribution >= 0.6 is 11.3 Å². The average molecular weight is 609 g/mol. The van der Waals surface area contributed by atoms with E-state index in [1.165, 1.54) is 31.3 Å². The van der Waals surface area contributed by atoms with Crippen LogP contribution in [-0.2, 0) is 0 Å². The second-order valence-electron chi connectivity index (χ2n) is 10.7. The van der Waals surface area contributed by atoms with Crippen LogP contribution in [0.4, 0.5) is 0 Å². The van der Waals surface area contributed by atoms with Crippen molar-refractivity contribution < 1.29 is 18.9 Å². The maximum atomic E-state index is 5.53. The predicted molar refractivity (Wildman–Crippen MR) is 187 cm³/mol. The maximum Gasteiger partial charge on any atom is 0.118 e. The van der Waals surface area contributed by atoms with Crippen LogP contribution in [0.2, 0.25) is 0 Å². The molecule has 0 spiro atoms. The van der Waals surface area contributed by atoms with Gasteiger partial charge in [-0.05, 0) is 105 Å². The molecule has 0 aliphatic carbocycles. The van der Waals surface area contributed by atoms with Gasteiger partial charge in [0.25, 0.3) is 0 Å². The molecule has 0 fully saturated rings. The van der Waals surface area contributed by atoms with Crippen molar-refractivity contribution in [2.45, 2.75) is 0 Å². The summed E-state index contributed by atoms with van der Waals surface area (Å²) in [6.45, 7) is 0. The molecule has 6 aromatic carbocycles. The van der Waals surface area contributed by atoms with E-state index in [4.69, 9.17) is 18.9 Å². The standard InChI is InChI=1S/C40H32O4S/c1-41-29-13-5-25(6-14-29)33-21-23-35-39(37(33)27-9-17-31(43-3)18-10-27)40-36(45-35)24-22-34(26-7-15-30(42-2)16-8-26)38(40)28-11-19-32(44-4)20-12-28/h5-24H,1-4H3. The Morgan fingerprint density at radius 1 is 0.333 bits per heavy atom. The van der Waals surface area contributed by atoms with Gasteiger partial charge in [-0.15, -0.1) is 11.3 Å². The van der Waals surface area contributed by atoms with Crippen molar-refractivity contribution in [3.8, 4) is 67.5 Å². The van der Waals surface area contributed by atoms with Crippen molar-refractivity contribution in [3.05, 3.63) is 121 Å². The molecule has 0 aliphatic rings. The fourth-order valence-electron chi connectivity index (χ4n) is 6.09. The van der Waals surface area contributed by atoms with Crippen LogP contribution in [0.3, 0.4) is 0 Å². The van der Waals surface area contributed by atoms with E-state index in [0.717, 1.165) is 56.4 Å². The first-order valence-electron chi connectivity index (χ1n) is 14.7. The molecule has 0 amide bonds. The first kappa shape index (κ1) is 28.5. The molecule has 0 saturated heterocycles. The molecule has 1 heterocycles. The summed E-state index contributed by atoms with van der Waals surface area (Å²) >= 11 is 1.83. The van der Waals surface area contributed by atoms with E-state index in [1.54, 1.807) is 28.4 Å². The normalized spacial score (nSPS) is 11.1. The molecule has 4 nitrogen and oxygen atoms in total. The zero-order valence-corrected chi connectivity index (χ0v) is 26.4. The molecule has 0 N–H and O–H groups in total. The van der Waals surface area contributed by atoms with Gasteiger partial charge in [-0.2, -0.15) is 0 Å². The minimum absolute atomic E-state index is 0.827. The molecular formula is C40H32O4S. The minimum Gasteiger partial charge on any atom is -0.497 e. The van der Waals surface area contributed by atoms with Gasteiger partial charge in [-0.3, -0.25) is 0 Å². The third-order valence-corrected chi connectivity index (χ3v) is 9.48. The van der Waals surface area contributed by atoms with Gasteiger partial charge in [0.15, 0.2) is 0 Å². The summed E-state index contributed by atoms with van der Waals surface area (Å²) in [6, 6.07) is 42.4. The van der Waals surface area contributed by atoms with Gasteiger partial charge >= 0.3 is 0 Å². The Morgan fingerprint density at radius 2 is 0.622 bits per heavy atom. The Labute approximate surface area is 267 Å². The molecule has 7 aromatic rings. The van der Waals surface area contributed by atoms with Crippen molar-refractivity contribution in [2.24, 2.45) is 0 Å². The largest absolute Gasteiger partial charge is 0.497 e. The lowest BCUT2D eigenvalue weighted by atomic mass is 9.86. The van der Waals surface area contributed by atoms with E-state index in [1.807, 2.05) is 59.9 Å². The third-order valence-electron chi connectivity index (χ3n) is 8.36. The van der Waals surface area contributed by atoms with Crippen molar-refractivity contribution in [1.29, 1.82) is 0 Å². The summed E-state index contributed by atoms with van der Waals surface area (Å²) in [4.78, 5) is 0. The quantitative estimate of drug-likeness (QED) is 0.172. The first-order chi connectivity index (χ1) is 22.1. The molecular weight excluding hydrogens is 577 g/mol. The molecule has 222 valence electrons. The van der Waals surface area contributed by atoms with Gasteiger partial charge in [-0.1, -0.05) is 60.7 Å². The fraction of sp³-hybridized carbons (Fsp3) is 0.100. The number of benzene rings is 6. The molecule has 0 radical (unpaired) electrons. The summed E-state index contributed by atoms with van der Waals surface area (Å²) in [7, 11) is 6.80. The fourth-order valence-corrected chi connectivity index (χ4v) is 7.21. The van der Waals surface area contributed by atoms with Crippen molar-refractivity contribution in [2.75, 3.05) is 28.4 Å². The lowest BCUT2D eigenvalue weighted by molar-refractivity contribution is 0.414. The summed E-state index contributed by atoms with van der Waals surface area (Å²) in [5.41, 5.74) is 9.20. The van der Waals surface area contributed by atoms with Crippen LogP contribution in [0.5, 0.6) is 23.0 Å². The van der Waals surface area contributed by atoms with Crippen LogP contribution in [0.15, 0.2) is 121 Å². The van der Waals surface area contributed by atoms with Gasteiger partial charge in [0.1, 0.15) is 23.0 Å². The smallest absolute Gasteiger partial charge is 0.118 e. The zero-order chi connectivity index (χ0) is 30.9. The van der Waals surface area contributed by atoms with Crippen molar-refractivity contribution >= 4 is 31.5 Å². The Morgan fingerprint density at radius 3 is 0.911 bits per heavy atom. The Kier molecular flexibility index (Phi) is 7.62. The van der Waals surface area contributed by atoms with E-state index in [0.29, 0.717) is 0 Å². The van der Waals surface area contributed by atoms with Gasteiger partial charge in [0.2, 0.25) is 0 Å². The van der Waals surface area contributed by atoms with Gasteiger partial charge in [-0.25, -0.2) is 0 Å². The number of hydrogen-bond donors (Lipinski definition) is 0. The Balaban J connectivity index is 1.61. The van der Waals surface area contributed by atoms with Crippen LogP contribution in [-0.4, -0.2) is 28.4 Å². The Hall–Kier alpha value is -5.26. The summed E-state index contributed by atoms with van der Waals surface area (Å²) in [5.74, 6) is 3.32. The molecule has 0 atom stereocenters. The molecule has 7 rings (SSSR count). The Bertz CT molecular complexity index is 1960. The topological polar surface area (TPSA) is 36.9 Å². The molecule has 0 aliphatic heterocycles. The van der Waals surface area contributed by atoms with Gasteiger partial charge in [0, 0.05) is 20.2 Å². The van der Waals surface area contributed by atoms with E-state index in [2.05, 4.69) is 72.8 Å². The third kappa shape index (κ3) is 5.15. The van der Waals surface area contributed by atoms with Gasteiger partial charge < -0.3 is 18.9 Å². The van der Waals surface area contributed by atoms with Crippen LogP contribution in [0.25, 0.3) is 64.7 Å². The van der Waals surface area contributed by atoms with Crippen molar-refractivity contribution in [1.82, 2.24) is 0 Å². The number of fused-ring (bicyclic) bond motifs is 3. The molecule has 0 saturated carbocycles. The lowest BCUT2D eigenvalue weighted by Crippen LogP contribution is -1.91. The number of ether oxygens (including phenoxy) is 4. The van der Waals surface area contributed by atoms with Crippen LogP contribution < -0.4 is 18.9 Å². The molecule has 0 unspecified atom stereocenters. The predicted octanol–water partition coefficient (Wildman–Crippen LogP) is 10.8. The highest BCUT2D eigenvalue weighted by Crippen LogP contribution is 2.50.